The molecular formula is C41H28N4S. The van der Waals surface area contributed by atoms with Crippen molar-refractivity contribution in [2.75, 3.05) is 0 Å². The van der Waals surface area contributed by atoms with E-state index in [1.807, 2.05) is 24.3 Å². The number of nitrogens with zero attached hydrogens (tertiary/aromatic N) is 4. The van der Waals surface area contributed by atoms with Gasteiger partial charge in [0.25, 0.3) is 0 Å². The molecule has 46 heavy (non-hydrogen) atoms. The maximum absolute atomic E-state index is 5.21. The molecule has 0 spiro atoms. The van der Waals surface area contributed by atoms with Gasteiger partial charge >= 0.3 is 0 Å². The van der Waals surface area contributed by atoms with E-state index in [9.17, 15) is 0 Å². The van der Waals surface area contributed by atoms with Crippen LogP contribution in [-0.4, -0.2) is 19.9 Å². The van der Waals surface area contributed by atoms with E-state index in [0.717, 1.165) is 48.3 Å². The van der Waals surface area contributed by atoms with Crippen LogP contribution >= 0.6 is 11.3 Å². The first-order valence-corrected chi connectivity index (χ1v) is 16.3. The molecule has 2 aromatic heterocycles. The molecule has 0 radical (unpaired) electrons. The summed E-state index contributed by atoms with van der Waals surface area (Å²) in [5, 5.41) is 3.33. The van der Waals surface area contributed by atoms with Gasteiger partial charge in [-0.25, -0.2) is 19.9 Å². The van der Waals surface area contributed by atoms with Gasteiger partial charge in [-0.3, -0.25) is 0 Å². The second kappa shape index (κ2) is 10.3. The number of hydrogen-bond acceptors (Lipinski definition) is 5. The molecule has 5 heteroatoms. The molecule has 4 nitrogen and oxygen atoms in total. The third-order valence-corrected chi connectivity index (χ3v) is 10.3. The Kier molecular flexibility index (Phi) is 5.99. The summed E-state index contributed by atoms with van der Waals surface area (Å²) in [5.41, 5.74) is 9.98. The van der Waals surface area contributed by atoms with Crippen molar-refractivity contribution >= 4 is 32.3 Å². The molecule has 0 atom stereocenters. The summed E-state index contributed by atoms with van der Waals surface area (Å²) in [7, 11) is 0. The first-order chi connectivity index (χ1) is 22.5. The number of rotatable bonds is 4. The van der Waals surface area contributed by atoms with Crippen molar-refractivity contribution in [1.82, 2.24) is 19.9 Å². The topological polar surface area (TPSA) is 51.6 Å². The third-order valence-electron chi connectivity index (χ3n) is 9.14. The highest BCUT2D eigenvalue weighted by atomic mass is 32.1. The maximum Gasteiger partial charge on any atom is 0.164 e. The van der Waals surface area contributed by atoms with Gasteiger partial charge in [0.1, 0.15) is 5.01 Å². The molecule has 0 bridgehead atoms. The molecule has 9 rings (SSSR count). The molecule has 1 aliphatic carbocycles. The van der Waals surface area contributed by atoms with Gasteiger partial charge in [0.2, 0.25) is 0 Å². The summed E-state index contributed by atoms with van der Waals surface area (Å²) in [6.45, 7) is 4.60. The van der Waals surface area contributed by atoms with Crippen molar-refractivity contribution in [1.29, 1.82) is 0 Å². The van der Waals surface area contributed by atoms with Gasteiger partial charge in [0.05, 0.1) is 10.2 Å². The van der Waals surface area contributed by atoms with Gasteiger partial charge in [-0.1, -0.05) is 135 Å². The lowest BCUT2D eigenvalue weighted by molar-refractivity contribution is 0.661. The normalized spacial score (nSPS) is 13.2. The van der Waals surface area contributed by atoms with Crippen LogP contribution in [0.2, 0.25) is 0 Å². The molecule has 0 saturated carbocycles. The first kappa shape index (κ1) is 26.8. The molecule has 8 aromatic rings. The predicted octanol–water partition coefficient (Wildman–Crippen LogP) is 10.6. The zero-order chi connectivity index (χ0) is 30.8. The molecule has 0 aliphatic heterocycles. The van der Waals surface area contributed by atoms with E-state index >= 15 is 0 Å². The van der Waals surface area contributed by atoms with Crippen LogP contribution in [0.4, 0.5) is 0 Å². The minimum Gasteiger partial charge on any atom is -0.236 e. The fourth-order valence-electron chi connectivity index (χ4n) is 6.92. The molecule has 0 saturated heterocycles. The standard InChI is InChI=1S/C41H28N4S/c1-41(2)33-19-10-9-16-29(33)30-17-11-18-31(35(30)41)39-44-37(26-12-5-3-6-13-26)43-38(45-39)28-21-20-25-22-23-34-36(32(25)24-28)46-40(42-34)27-14-7-4-8-15-27/h3-24H,1-2H3. The van der Waals surface area contributed by atoms with E-state index in [4.69, 9.17) is 19.9 Å². The van der Waals surface area contributed by atoms with Crippen LogP contribution in [0.25, 0.3) is 76.9 Å². The predicted molar refractivity (Wildman–Crippen MR) is 190 cm³/mol. The van der Waals surface area contributed by atoms with Crippen molar-refractivity contribution in [3.05, 3.63) is 145 Å². The van der Waals surface area contributed by atoms with E-state index in [0.29, 0.717) is 17.5 Å². The third kappa shape index (κ3) is 4.20. The van der Waals surface area contributed by atoms with Gasteiger partial charge in [-0.2, -0.15) is 0 Å². The van der Waals surface area contributed by atoms with Crippen LogP contribution < -0.4 is 0 Å². The maximum atomic E-state index is 5.21. The van der Waals surface area contributed by atoms with E-state index in [1.54, 1.807) is 11.3 Å². The average molecular weight is 609 g/mol. The molecule has 1 aliphatic rings. The SMILES string of the molecule is CC1(C)c2ccccc2-c2cccc(-c3nc(-c4ccccc4)nc(-c4ccc5ccc6nc(-c7ccccc7)sc6c5c4)n3)c21. The molecule has 0 amide bonds. The van der Waals surface area contributed by atoms with E-state index < -0.39 is 0 Å². The lowest BCUT2D eigenvalue weighted by atomic mass is 9.80. The number of hydrogen-bond donors (Lipinski definition) is 0. The van der Waals surface area contributed by atoms with Gasteiger partial charge < -0.3 is 0 Å². The Balaban J connectivity index is 1.25. The zero-order valence-corrected chi connectivity index (χ0v) is 26.2. The summed E-state index contributed by atoms with van der Waals surface area (Å²) in [4.78, 5) is 20.4. The molecule has 0 N–H and O–H groups in total. The quantitative estimate of drug-likeness (QED) is 0.199. The van der Waals surface area contributed by atoms with E-state index in [2.05, 4.69) is 123 Å². The van der Waals surface area contributed by atoms with Gasteiger partial charge in [0.15, 0.2) is 17.5 Å². The Morgan fingerprint density at radius 3 is 1.93 bits per heavy atom. The molecule has 218 valence electrons. The molecule has 2 heterocycles. The Labute approximate surface area is 271 Å². The van der Waals surface area contributed by atoms with Gasteiger partial charge in [-0.15, -0.1) is 11.3 Å². The molecular weight excluding hydrogens is 581 g/mol. The van der Waals surface area contributed by atoms with Crippen molar-refractivity contribution in [3.63, 3.8) is 0 Å². The van der Waals surface area contributed by atoms with Crippen molar-refractivity contribution in [2.24, 2.45) is 0 Å². The van der Waals surface area contributed by atoms with Crippen LogP contribution in [0.3, 0.4) is 0 Å². The number of thiazole rings is 1. The largest absolute Gasteiger partial charge is 0.236 e. The van der Waals surface area contributed by atoms with Crippen LogP contribution in [0, 0.1) is 0 Å². The van der Waals surface area contributed by atoms with E-state index in [1.165, 1.54) is 22.3 Å². The number of benzene rings is 6. The first-order valence-electron chi connectivity index (χ1n) is 15.5. The van der Waals surface area contributed by atoms with Gasteiger partial charge in [0, 0.05) is 33.1 Å². The van der Waals surface area contributed by atoms with Crippen molar-refractivity contribution < 1.29 is 0 Å². The molecule has 6 aromatic carbocycles. The number of aromatic nitrogens is 4. The van der Waals surface area contributed by atoms with Crippen molar-refractivity contribution in [3.8, 4) is 55.9 Å². The second-order valence-corrected chi connectivity index (χ2v) is 13.3. The van der Waals surface area contributed by atoms with Crippen LogP contribution in [0.5, 0.6) is 0 Å². The molecule has 0 fully saturated rings. The Hall–Kier alpha value is -5.52. The summed E-state index contributed by atoms with van der Waals surface area (Å²) >= 11 is 1.73. The number of fused-ring (bicyclic) bond motifs is 6. The van der Waals surface area contributed by atoms with Crippen LogP contribution in [-0.2, 0) is 5.41 Å². The Bertz CT molecular complexity index is 2450. The lowest BCUT2D eigenvalue weighted by Crippen LogP contribution is -2.17. The van der Waals surface area contributed by atoms with Crippen LogP contribution in [0.1, 0.15) is 25.0 Å². The fourth-order valence-corrected chi connectivity index (χ4v) is 8.02. The fraction of sp³-hybridized carbons (Fsp3) is 0.0732. The lowest BCUT2D eigenvalue weighted by Gasteiger charge is -2.24. The summed E-state index contributed by atoms with van der Waals surface area (Å²) < 4.78 is 1.16. The minimum absolute atomic E-state index is 0.195. The van der Waals surface area contributed by atoms with Crippen LogP contribution in [0.15, 0.2) is 133 Å². The average Bonchev–Trinajstić information content (AvgIpc) is 3.66. The monoisotopic (exact) mass is 608 g/mol. The highest BCUT2D eigenvalue weighted by Crippen LogP contribution is 2.51. The second-order valence-electron chi connectivity index (χ2n) is 12.3. The molecule has 0 unspecified atom stereocenters. The highest BCUT2D eigenvalue weighted by Gasteiger charge is 2.38. The minimum atomic E-state index is -0.195. The van der Waals surface area contributed by atoms with Gasteiger partial charge in [-0.05, 0) is 39.8 Å². The van der Waals surface area contributed by atoms with Crippen molar-refractivity contribution in [2.45, 2.75) is 19.3 Å². The summed E-state index contributed by atoms with van der Waals surface area (Å²) in [6.07, 6.45) is 0. The summed E-state index contributed by atoms with van der Waals surface area (Å²) in [5.74, 6) is 2.00. The highest BCUT2D eigenvalue weighted by molar-refractivity contribution is 7.22. The smallest absolute Gasteiger partial charge is 0.164 e. The Morgan fingerprint density at radius 2 is 1.13 bits per heavy atom. The zero-order valence-electron chi connectivity index (χ0n) is 25.4. The Morgan fingerprint density at radius 1 is 0.500 bits per heavy atom. The van der Waals surface area contributed by atoms with E-state index in [-0.39, 0.29) is 5.41 Å². The summed E-state index contributed by atoms with van der Waals surface area (Å²) in [6, 6.07) is 46.6.